The van der Waals surface area contributed by atoms with Crippen molar-refractivity contribution in [1.82, 2.24) is 15.2 Å². The van der Waals surface area contributed by atoms with Crippen LogP contribution in [0.2, 0.25) is 0 Å². The van der Waals surface area contributed by atoms with Gasteiger partial charge in [0.1, 0.15) is 0 Å². The molecule has 0 saturated carbocycles. The molecule has 0 aliphatic carbocycles. The highest BCUT2D eigenvalue weighted by Gasteiger charge is 2.22. The van der Waals surface area contributed by atoms with Crippen LogP contribution in [0.4, 0.5) is 0 Å². The smallest absolute Gasteiger partial charge is 0.230 e. The van der Waals surface area contributed by atoms with Gasteiger partial charge in [0.25, 0.3) is 0 Å². The van der Waals surface area contributed by atoms with Crippen molar-refractivity contribution >= 4 is 17.7 Å². The van der Waals surface area contributed by atoms with Crippen molar-refractivity contribution in [2.24, 2.45) is 0 Å². The Kier molecular flexibility index (Phi) is 7.52. The van der Waals surface area contributed by atoms with Gasteiger partial charge in [-0.25, -0.2) is 0 Å². The second-order valence-electron chi connectivity index (χ2n) is 6.76. The number of nitrogens with zero attached hydrogens (tertiary/aromatic N) is 2. The molecule has 0 spiro atoms. The summed E-state index contributed by atoms with van der Waals surface area (Å²) in [6.45, 7) is 2.83. The number of pyridine rings is 1. The van der Waals surface area contributed by atoms with Crippen molar-refractivity contribution in [3.05, 3.63) is 66.0 Å². The summed E-state index contributed by atoms with van der Waals surface area (Å²) in [7, 11) is 0. The van der Waals surface area contributed by atoms with E-state index in [1.807, 2.05) is 18.3 Å². The molecule has 5 heteroatoms. The van der Waals surface area contributed by atoms with Crippen LogP contribution in [0.5, 0.6) is 0 Å². The van der Waals surface area contributed by atoms with Gasteiger partial charge < -0.3 is 5.32 Å². The van der Waals surface area contributed by atoms with Crippen molar-refractivity contribution in [2.75, 3.05) is 18.8 Å². The molecule has 2 aromatic rings. The van der Waals surface area contributed by atoms with E-state index in [9.17, 15) is 4.79 Å². The summed E-state index contributed by atoms with van der Waals surface area (Å²) in [5, 5.41) is 3.14. The topological polar surface area (TPSA) is 45.2 Å². The quantitative estimate of drug-likeness (QED) is 0.774. The van der Waals surface area contributed by atoms with Crippen LogP contribution in [0.1, 0.15) is 30.4 Å². The normalized spacial score (nSPS) is 17.8. The largest absolute Gasteiger partial charge is 0.354 e. The zero-order chi connectivity index (χ0) is 18.0. The maximum Gasteiger partial charge on any atom is 0.230 e. The molecule has 4 nitrogen and oxygen atoms in total. The van der Waals surface area contributed by atoms with E-state index in [2.05, 4.69) is 45.5 Å². The molecule has 26 heavy (non-hydrogen) atoms. The fourth-order valence-corrected chi connectivity index (χ4v) is 4.14. The maximum atomic E-state index is 12.2. The van der Waals surface area contributed by atoms with E-state index in [1.54, 1.807) is 18.0 Å². The Bertz CT molecular complexity index is 665. The monoisotopic (exact) mass is 369 g/mol. The van der Waals surface area contributed by atoms with Gasteiger partial charge in [-0.15, -0.1) is 11.8 Å². The van der Waals surface area contributed by atoms with E-state index in [4.69, 9.17) is 0 Å². The summed E-state index contributed by atoms with van der Waals surface area (Å²) in [6.07, 6.45) is 7.29. The number of likely N-dealkylation sites (tertiary alicyclic amines) is 1. The zero-order valence-electron chi connectivity index (χ0n) is 15.1. The Morgan fingerprint density at radius 2 is 2.00 bits per heavy atom. The second kappa shape index (κ2) is 10.3. The Balaban J connectivity index is 1.40. The number of hydrogen-bond donors (Lipinski definition) is 1. The third-order valence-electron chi connectivity index (χ3n) is 4.74. The van der Waals surface area contributed by atoms with E-state index < -0.39 is 0 Å². The lowest BCUT2D eigenvalue weighted by molar-refractivity contribution is -0.118. The van der Waals surface area contributed by atoms with Crippen LogP contribution < -0.4 is 5.32 Å². The number of carbonyl (C=O) groups is 1. The molecular weight excluding hydrogens is 342 g/mol. The third-order valence-corrected chi connectivity index (χ3v) is 5.74. The summed E-state index contributed by atoms with van der Waals surface area (Å²) in [4.78, 5) is 18.8. The second-order valence-corrected chi connectivity index (χ2v) is 7.75. The van der Waals surface area contributed by atoms with Crippen LogP contribution in [0, 0.1) is 0 Å². The molecule has 1 N–H and O–H groups in total. The molecule has 138 valence electrons. The van der Waals surface area contributed by atoms with E-state index >= 15 is 0 Å². The molecule has 1 aliphatic rings. The fourth-order valence-electron chi connectivity index (χ4n) is 3.35. The molecule has 1 fully saturated rings. The SMILES string of the molecule is O=C(CSCc1cccnc1)NCC1CCCCN1Cc1ccccc1. The number of hydrogen-bond acceptors (Lipinski definition) is 4. The van der Waals surface area contributed by atoms with Gasteiger partial charge in [-0.1, -0.05) is 42.8 Å². The molecule has 3 rings (SSSR count). The third kappa shape index (κ3) is 6.15. The Morgan fingerprint density at radius 3 is 2.81 bits per heavy atom. The summed E-state index contributed by atoms with van der Waals surface area (Å²) >= 11 is 1.64. The van der Waals surface area contributed by atoms with Gasteiger partial charge in [0.2, 0.25) is 5.91 Å². The first-order valence-corrected chi connectivity index (χ1v) is 10.5. The van der Waals surface area contributed by atoms with Crippen LogP contribution in [0.15, 0.2) is 54.9 Å². The van der Waals surface area contributed by atoms with Gasteiger partial charge in [0.05, 0.1) is 5.75 Å². The van der Waals surface area contributed by atoms with Crippen LogP contribution >= 0.6 is 11.8 Å². The standard InChI is InChI=1S/C21H27N3OS/c25-21(17-26-16-19-9-6-11-22-13-19)23-14-20-10-4-5-12-24(20)15-18-7-2-1-3-8-18/h1-3,6-9,11,13,20H,4-5,10,12,14-17H2,(H,23,25). The molecule has 1 saturated heterocycles. The molecule has 2 heterocycles. The lowest BCUT2D eigenvalue weighted by Crippen LogP contribution is -2.46. The molecule has 1 atom stereocenters. The van der Waals surface area contributed by atoms with Crippen molar-refractivity contribution in [3.8, 4) is 0 Å². The number of carbonyl (C=O) groups excluding carboxylic acids is 1. The first-order chi connectivity index (χ1) is 12.8. The minimum absolute atomic E-state index is 0.129. The minimum atomic E-state index is 0.129. The number of piperidine rings is 1. The summed E-state index contributed by atoms with van der Waals surface area (Å²) in [5.74, 6) is 1.45. The molecular formula is C21H27N3OS. The molecule has 0 bridgehead atoms. The zero-order valence-corrected chi connectivity index (χ0v) is 16.0. The van der Waals surface area contributed by atoms with Crippen LogP contribution in [0.25, 0.3) is 0 Å². The first kappa shape index (κ1) is 18.9. The maximum absolute atomic E-state index is 12.2. The van der Waals surface area contributed by atoms with Gasteiger partial charge in [0.15, 0.2) is 0 Å². The highest BCUT2D eigenvalue weighted by atomic mass is 32.2. The van der Waals surface area contributed by atoms with E-state index in [0.29, 0.717) is 11.8 Å². The minimum Gasteiger partial charge on any atom is -0.354 e. The van der Waals surface area contributed by atoms with Crippen LogP contribution in [0.3, 0.4) is 0 Å². The van der Waals surface area contributed by atoms with E-state index in [1.165, 1.54) is 18.4 Å². The van der Waals surface area contributed by atoms with Gasteiger partial charge >= 0.3 is 0 Å². The van der Waals surface area contributed by atoms with Gasteiger partial charge in [-0.3, -0.25) is 14.7 Å². The van der Waals surface area contributed by atoms with Gasteiger partial charge in [0, 0.05) is 37.3 Å². The van der Waals surface area contributed by atoms with Crippen LogP contribution in [-0.2, 0) is 17.1 Å². The Labute approximate surface area is 160 Å². The first-order valence-electron chi connectivity index (χ1n) is 9.32. The predicted octanol–water partition coefficient (Wildman–Crippen LogP) is 3.49. The van der Waals surface area contributed by atoms with E-state index in [0.717, 1.165) is 37.4 Å². The number of amides is 1. The fraction of sp³-hybridized carbons (Fsp3) is 0.429. The molecule has 0 radical (unpaired) electrons. The highest BCUT2D eigenvalue weighted by molar-refractivity contribution is 7.99. The summed E-state index contributed by atoms with van der Waals surface area (Å²) in [5.41, 5.74) is 2.50. The Hall–Kier alpha value is -1.85. The van der Waals surface area contributed by atoms with Gasteiger partial charge in [-0.05, 0) is 36.6 Å². The van der Waals surface area contributed by atoms with Gasteiger partial charge in [-0.2, -0.15) is 0 Å². The molecule has 1 aromatic heterocycles. The average molecular weight is 370 g/mol. The Morgan fingerprint density at radius 1 is 1.15 bits per heavy atom. The lowest BCUT2D eigenvalue weighted by atomic mass is 10.0. The molecule has 1 aromatic carbocycles. The lowest BCUT2D eigenvalue weighted by Gasteiger charge is -2.35. The number of benzene rings is 1. The highest BCUT2D eigenvalue weighted by Crippen LogP contribution is 2.19. The van der Waals surface area contributed by atoms with Crippen LogP contribution in [-0.4, -0.2) is 40.7 Å². The average Bonchev–Trinajstić information content (AvgIpc) is 2.69. The number of nitrogens with one attached hydrogen (secondary N) is 1. The number of thioether (sulfide) groups is 1. The van der Waals surface area contributed by atoms with Crippen molar-refractivity contribution < 1.29 is 4.79 Å². The predicted molar refractivity (Wildman–Crippen MR) is 108 cm³/mol. The number of rotatable bonds is 8. The van der Waals surface area contributed by atoms with E-state index in [-0.39, 0.29) is 5.91 Å². The molecule has 1 amide bonds. The van der Waals surface area contributed by atoms with Crippen molar-refractivity contribution in [3.63, 3.8) is 0 Å². The number of aromatic nitrogens is 1. The summed E-state index contributed by atoms with van der Waals surface area (Å²) < 4.78 is 0. The molecule has 1 aliphatic heterocycles. The summed E-state index contributed by atoms with van der Waals surface area (Å²) in [6, 6.07) is 15.0. The molecule has 1 unspecified atom stereocenters. The van der Waals surface area contributed by atoms with Crippen molar-refractivity contribution in [2.45, 2.75) is 37.6 Å². The van der Waals surface area contributed by atoms with Crippen molar-refractivity contribution in [1.29, 1.82) is 0 Å².